The van der Waals surface area contributed by atoms with Gasteiger partial charge in [0.1, 0.15) is 0 Å². The number of carbonyl (C=O) groups excluding carboxylic acids is 2. The van der Waals surface area contributed by atoms with Gasteiger partial charge < -0.3 is 10.6 Å². The van der Waals surface area contributed by atoms with Gasteiger partial charge in [-0.1, -0.05) is 43.7 Å². The Balaban J connectivity index is 1.60. The van der Waals surface area contributed by atoms with Crippen LogP contribution in [-0.4, -0.2) is 23.3 Å². The molecule has 2 amide bonds. The number of anilines is 1. The Morgan fingerprint density at radius 1 is 1.15 bits per heavy atom. The van der Waals surface area contributed by atoms with Crippen LogP contribution in [-0.2, 0) is 11.2 Å². The van der Waals surface area contributed by atoms with E-state index in [1.807, 2.05) is 12.3 Å². The summed E-state index contributed by atoms with van der Waals surface area (Å²) in [5.74, 6) is -0.540. The van der Waals surface area contributed by atoms with Gasteiger partial charge in [0.25, 0.3) is 5.91 Å². The Morgan fingerprint density at radius 2 is 1.93 bits per heavy atom. The average molecular weight is 400 g/mol. The van der Waals surface area contributed by atoms with Crippen LogP contribution in [0.3, 0.4) is 0 Å². The molecule has 0 aliphatic heterocycles. The van der Waals surface area contributed by atoms with Crippen molar-refractivity contribution in [3.8, 4) is 11.3 Å². The monoisotopic (exact) mass is 399 g/mol. The Labute approximate surface area is 166 Å². The van der Waals surface area contributed by atoms with Crippen molar-refractivity contribution in [1.82, 2.24) is 10.3 Å². The van der Waals surface area contributed by atoms with Gasteiger partial charge in [0.15, 0.2) is 5.13 Å². The van der Waals surface area contributed by atoms with Crippen LogP contribution in [0.2, 0.25) is 0 Å². The summed E-state index contributed by atoms with van der Waals surface area (Å²) < 4.78 is 0. The quantitative estimate of drug-likeness (QED) is 0.614. The van der Waals surface area contributed by atoms with E-state index >= 15 is 0 Å². The molecule has 2 aromatic heterocycles. The van der Waals surface area contributed by atoms with E-state index in [4.69, 9.17) is 0 Å². The molecule has 0 unspecified atom stereocenters. The van der Waals surface area contributed by atoms with Crippen molar-refractivity contribution in [2.75, 3.05) is 11.9 Å². The number of carbonyl (C=O) groups is 2. The topological polar surface area (TPSA) is 71.1 Å². The Bertz CT molecular complexity index is 915. The Morgan fingerprint density at radius 3 is 2.59 bits per heavy atom. The first kappa shape index (κ1) is 19.3. The van der Waals surface area contributed by atoms with Crippen LogP contribution in [0, 0.1) is 6.92 Å². The van der Waals surface area contributed by atoms with Crippen LogP contribution in [0.4, 0.5) is 5.13 Å². The van der Waals surface area contributed by atoms with Gasteiger partial charge in [-0.05, 0) is 30.4 Å². The lowest BCUT2D eigenvalue weighted by molar-refractivity contribution is -0.115. The number of aryl methyl sites for hydroxylation is 2. The van der Waals surface area contributed by atoms with Gasteiger partial charge in [-0.25, -0.2) is 4.98 Å². The van der Waals surface area contributed by atoms with Crippen LogP contribution in [0.5, 0.6) is 0 Å². The van der Waals surface area contributed by atoms with Crippen molar-refractivity contribution >= 4 is 39.6 Å². The first-order chi connectivity index (χ1) is 13.1. The Kier molecular flexibility index (Phi) is 6.36. The molecule has 0 bridgehead atoms. The predicted molar refractivity (Wildman–Crippen MR) is 112 cm³/mol. The zero-order valence-electron chi connectivity index (χ0n) is 15.2. The molecular formula is C20H21N3O2S2. The normalized spacial score (nSPS) is 10.6. The molecule has 3 aromatic rings. The molecule has 3 rings (SSSR count). The molecule has 0 atom stereocenters. The molecule has 5 nitrogen and oxygen atoms in total. The Hall–Kier alpha value is -2.51. The maximum absolute atomic E-state index is 12.1. The summed E-state index contributed by atoms with van der Waals surface area (Å²) in [6.45, 7) is 4.06. The fraction of sp³-hybridized carbons (Fsp3) is 0.250. The van der Waals surface area contributed by atoms with Crippen LogP contribution < -0.4 is 10.6 Å². The smallest absolute Gasteiger partial charge is 0.261 e. The third-order valence-electron chi connectivity index (χ3n) is 3.96. The highest BCUT2D eigenvalue weighted by molar-refractivity contribution is 7.16. The number of amides is 2. The van der Waals surface area contributed by atoms with Crippen molar-refractivity contribution in [2.45, 2.75) is 26.7 Å². The molecule has 2 N–H and O–H groups in total. The van der Waals surface area contributed by atoms with E-state index in [9.17, 15) is 9.59 Å². The molecule has 1 aromatic carbocycles. The van der Waals surface area contributed by atoms with Crippen LogP contribution in [0.15, 0.2) is 41.8 Å². The number of nitrogens with one attached hydrogen (secondary N) is 2. The summed E-state index contributed by atoms with van der Waals surface area (Å²) >= 11 is 2.77. The lowest BCUT2D eigenvalue weighted by atomic mass is 10.1. The first-order valence-electron chi connectivity index (χ1n) is 8.75. The maximum Gasteiger partial charge on any atom is 0.261 e. The lowest BCUT2D eigenvalue weighted by Crippen LogP contribution is -2.32. The third-order valence-corrected chi connectivity index (χ3v) is 5.72. The number of hydrogen-bond acceptors (Lipinski definition) is 5. The number of aromatic nitrogens is 1. The highest BCUT2D eigenvalue weighted by Gasteiger charge is 2.13. The van der Waals surface area contributed by atoms with Crippen LogP contribution >= 0.6 is 22.7 Å². The molecule has 0 saturated carbocycles. The minimum absolute atomic E-state index is 0.0869. The van der Waals surface area contributed by atoms with E-state index < -0.39 is 0 Å². The van der Waals surface area contributed by atoms with Gasteiger partial charge in [-0.2, -0.15) is 0 Å². The van der Waals surface area contributed by atoms with Gasteiger partial charge >= 0.3 is 0 Å². The second-order valence-corrected chi connectivity index (χ2v) is 8.23. The number of thiophene rings is 1. The van der Waals surface area contributed by atoms with Crippen LogP contribution in [0.25, 0.3) is 11.3 Å². The number of thiazole rings is 1. The zero-order chi connectivity index (χ0) is 19.2. The van der Waals surface area contributed by atoms with Gasteiger partial charge in [0.05, 0.1) is 17.1 Å². The summed E-state index contributed by atoms with van der Waals surface area (Å²) in [5.41, 5.74) is 3.22. The van der Waals surface area contributed by atoms with Crippen molar-refractivity contribution in [2.24, 2.45) is 0 Å². The van der Waals surface area contributed by atoms with E-state index in [0.717, 1.165) is 29.0 Å². The first-order valence-corrected chi connectivity index (χ1v) is 10.4. The van der Waals surface area contributed by atoms with Gasteiger partial charge in [-0.15, -0.1) is 22.7 Å². The summed E-state index contributed by atoms with van der Waals surface area (Å²) in [6, 6.07) is 11.9. The summed E-state index contributed by atoms with van der Waals surface area (Å²) in [5, 5.41) is 7.74. The second-order valence-electron chi connectivity index (χ2n) is 6.08. The molecule has 0 saturated heterocycles. The van der Waals surface area contributed by atoms with Crippen LogP contribution in [0.1, 0.15) is 33.5 Å². The molecule has 0 aliphatic rings. The molecule has 140 valence electrons. The maximum atomic E-state index is 12.1. The fourth-order valence-electron chi connectivity index (χ4n) is 2.65. The standard InChI is InChI=1S/C20H21N3O2S2/c1-3-5-14-7-9-15(10-8-14)18-13(2)27-20(23-18)22-17(24)12-21-19(25)16-6-4-11-26-16/h4,6-11H,3,5,12H2,1-2H3,(H,21,25)(H,22,23,24). The number of rotatable bonds is 7. The van der Waals surface area contributed by atoms with Crippen molar-refractivity contribution in [1.29, 1.82) is 0 Å². The van der Waals surface area contributed by atoms with E-state index in [1.54, 1.807) is 12.1 Å². The second kappa shape index (κ2) is 8.92. The van der Waals surface area contributed by atoms with Gasteiger partial charge in [0, 0.05) is 10.4 Å². The summed E-state index contributed by atoms with van der Waals surface area (Å²) in [6.07, 6.45) is 2.18. The van der Waals surface area contributed by atoms with Crippen molar-refractivity contribution in [3.05, 3.63) is 57.1 Å². The predicted octanol–water partition coefficient (Wildman–Crippen LogP) is 4.50. The summed E-state index contributed by atoms with van der Waals surface area (Å²) in [7, 11) is 0. The van der Waals surface area contributed by atoms with E-state index in [-0.39, 0.29) is 18.4 Å². The zero-order valence-corrected chi connectivity index (χ0v) is 16.9. The highest BCUT2D eigenvalue weighted by Crippen LogP contribution is 2.30. The summed E-state index contributed by atoms with van der Waals surface area (Å²) in [4.78, 5) is 30.2. The SMILES string of the molecule is CCCc1ccc(-c2nc(NC(=O)CNC(=O)c3cccs3)sc2C)cc1. The number of hydrogen-bond donors (Lipinski definition) is 2. The molecule has 0 aliphatic carbocycles. The van der Waals surface area contributed by atoms with Crippen molar-refractivity contribution < 1.29 is 9.59 Å². The fourth-order valence-corrected chi connectivity index (χ4v) is 4.15. The minimum atomic E-state index is -0.293. The molecule has 2 heterocycles. The largest absolute Gasteiger partial charge is 0.342 e. The molecule has 0 radical (unpaired) electrons. The third kappa shape index (κ3) is 5.02. The average Bonchev–Trinajstić information content (AvgIpc) is 3.31. The number of nitrogens with zero attached hydrogens (tertiary/aromatic N) is 1. The van der Waals surface area contributed by atoms with E-state index in [0.29, 0.717) is 10.0 Å². The lowest BCUT2D eigenvalue weighted by Gasteiger charge is -2.03. The van der Waals surface area contributed by atoms with Crippen molar-refractivity contribution in [3.63, 3.8) is 0 Å². The molecular weight excluding hydrogens is 378 g/mol. The highest BCUT2D eigenvalue weighted by atomic mass is 32.1. The molecule has 0 spiro atoms. The number of benzene rings is 1. The minimum Gasteiger partial charge on any atom is -0.342 e. The van der Waals surface area contributed by atoms with Gasteiger partial charge in [-0.3, -0.25) is 9.59 Å². The van der Waals surface area contributed by atoms with Gasteiger partial charge in [0.2, 0.25) is 5.91 Å². The molecule has 27 heavy (non-hydrogen) atoms. The van der Waals surface area contributed by atoms with E-state index in [2.05, 4.69) is 46.8 Å². The van der Waals surface area contributed by atoms with E-state index in [1.165, 1.54) is 28.2 Å². The molecule has 7 heteroatoms. The molecule has 0 fully saturated rings.